The molecule has 0 saturated carbocycles. The molecule has 0 spiro atoms. The lowest BCUT2D eigenvalue weighted by atomic mass is 10.0. The number of hydrogen-bond donors (Lipinski definition) is 1. The van der Waals surface area contributed by atoms with Crippen LogP contribution in [0.1, 0.15) is 5.82 Å². The van der Waals surface area contributed by atoms with E-state index in [1.807, 2.05) is 24.3 Å². The van der Waals surface area contributed by atoms with E-state index in [1.54, 1.807) is 4.90 Å². The summed E-state index contributed by atoms with van der Waals surface area (Å²) in [6.45, 7) is 1.68. The van der Waals surface area contributed by atoms with Crippen molar-refractivity contribution in [3.05, 3.63) is 30.1 Å². The molecule has 0 bridgehead atoms. The van der Waals surface area contributed by atoms with E-state index in [1.165, 1.54) is 0 Å². The maximum Gasteiger partial charge on any atom is 0.311 e. The van der Waals surface area contributed by atoms with Crippen molar-refractivity contribution in [2.24, 2.45) is 11.8 Å². The standard InChI is InChI=1S/C16H17N3O4/c20-15(19-5-10-7-23-16(21)11(10)6-19)9-22-8-14-17-12-3-1-2-4-13(12)18-14/h1-4,10-11H,5-9H2,(H,17,18)/t10-,11-/m1/s1. The molecule has 1 aromatic carbocycles. The largest absolute Gasteiger partial charge is 0.465 e. The third-order valence-electron chi connectivity index (χ3n) is 4.44. The van der Waals surface area contributed by atoms with E-state index in [-0.39, 0.29) is 36.9 Å². The van der Waals surface area contributed by atoms with Crippen LogP contribution in [-0.4, -0.2) is 53.0 Å². The van der Waals surface area contributed by atoms with Gasteiger partial charge in [0.2, 0.25) is 5.91 Å². The Kier molecular flexibility index (Phi) is 3.49. The molecule has 1 aromatic heterocycles. The molecule has 2 aromatic rings. The number of nitrogens with one attached hydrogen (secondary N) is 1. The second-order valence-corrected chi connectivity index (χ2v) is 5.99. The minimum absolute atomic E-state index is 0.00840. The van der Waals surface area contributed by atoms with Crippen LogP contribution in [0.25, 0.3) is 11.0 Å². The van der Waals surface area contributed by atoms with Crippen molar-refractivity contribution < 1.29 is 19.1 Å². The summed E-state index contributed by atoms with van der Waals surface area (Å²) >= 11 is 0. The number of rotatable bonds is 4. The van der Waals surface area contributed by atoms with Crippen molar-refractivity contribution in [2.75, 3.05) is 26.3 Å². The van der Waals surface area contributed by atoms with E-state index in [0.29, 0.717) is 25.5 Å². The number of amides is 1. The average molecular weight is 315 g/mol. The van der Waals surface area contributed by atoms with Gasteiger partial charge in [-0.05, 0) is 12.1 Å². The fourth-order valence-corrected chi connectivity index (χ4v) is 3.21. The molecule has 2 fully saturated rings. The number of imidazole rings is 1. The van der Waals surface area contributed by atoms with Crippen LogP contribution in [0.4, 0.5) is 0 Å². The van der Waals surface area contributed by atoms with Crippen LogP contribution in [0.3, 0.4) is 0 Å². The van der Waals surface area contributed by atoms with E-state index >= 15 is 0 Å². The summed E-state index contributed by atoms with van der Waals surface area (Å²) in [7, 11) is 0. The Hall–Kier alpha value is -2.41. The minimum atomic E-state index is -0.187. The molecule has 2 aliphatic rings. The normalized spacial score (nSPS) is 23.3. The first-order valence-corrected chi connectivity index (χ1v) is 7.66. The number of aromatic nitrogens is 2. The third kappa shape index (κ3) is 2.68. The lowest BCUT2D eigenvalue weighted by Crippen LogP contribution is -2.33. The highest BCUT2D eigenvalue weighted by Gasteiger charge is 2.45. The van der Waals surface area contributed by atoms with Crippen molar-refractivity contribution >= 4 is 22.9 Å². The number of benzene rings is 1. The number of hydrogen-bond acceptors (Lipinski definition) is 5. The van der Waals surface area contributed by atoms with Crippen LogP contribution in [0.2, 0.25) is 0 Å². The molecule has 23 heavy (non-hydrogen) atoms. The van der Waals surface area contributed by atoms with E-state index in [4.69, 9.17) is 9.47 Å². The quantitative estimate of drug-likeness (QED) is 0.840. The number of fused-ring (bicyclic) bond motifs is 2. The summed E-state index contributed by atoms with van der Waals surface area (Å²) < 4.78 is 10.5. The molecular weight excluding hydrogens is 298 g/mol. The van der Waals surface area contributed by atoms with Gasteiger partial charge in [-0.15, -0.1) is 0 Å². The van der Waals surface area contributed by atoms with Crippen LogP contribution in [0.15, 0.2) is 24.3 Å². The number of esters is 1. The molecule has 3 heterocycles. The van der Waals surface area contributed by atoms with Gasteiger partial charge in [0.25, 0.3) is 0 Å². The first-order valence-electron chi connectivity index (χ1n) is 7.66. The van der Waals surface area contributed by atoms with Crippen molar-refractivity contribution in [1.29, 1.82) is 0 Å². The molecule has 2 aliphatic heterocycles. The van der Waals surface area contributed by atoms with Crippen LogP contribution < -0.4 is 0 Å². The van der Waals surface area contributed by atoms with Gasteiger partial charge in [0.15, 0.2) is 0 Å². The minimum Gasteiger partial charge on any atom is -0.465 e. The van der Waals surface area contributed by atoms with Gasteiger partial charge < -0.3 is 19.4 Å². The van der Waals surface area contributed by atoms with Crippen molar-refractivity contribution in [3.8, 4) is 0 Å². The highest BCUT2D eigenvalue weighted by molar-refractivity contribution is 5.81. The third-order valence-corrected chi connectivity index (χ3v) is 4.44. The van der Waals surface area contributed by atoms with Crippen LogP contribution in [0, 0.1) is 11.8 Å². The van der Waals surface area contributed by atoms with Gasteiger partial charge in [0, 0.05) is 19.0 Å². The Balaban J connectivity index is 1.29. The highest BCUT2D eigenvalue weighted by Crippen LogP contribution is 2.30. The molecule has 0 radical (unpaired) electrons. The average Bonchev–Trinajstić information content (AvgIpc) is 3.22. The maximum atomic E-state index is 12.2. The monoisotopic (exact) mass is 315 g/mol. The smallest absolute Gasteiger partial charge is 0.311 e. The van der Waals surface area contributed by atoms with Crippen molar-refractivity contribution in [2.45, 2.75) is 6.61 Å². The molecule has 120 valence electrons. The summed E-state index contributed by atoms with van der Waals surface area (Å²) in [5.74, 6) is 0.397. The number of ether oxygens (including phenoxy) is 2. The Morgan fingerprint density at radius 2 is 2.26 bits per heavy atom. The van der Waals surface area contributed by atoms with Gasteiger partial charge in [-0.2, -0.15) is 0 Å². The first-order chi connectivity index (χ1) is 11.2. The van der Waals surface area contributed by atoms with Gasteiger partial charge in [-0.25, -0.2) is 4.98 Å². The van der Waals surface area contributed by atoms with Gasteiger partial charge >= 0.3 is 5.97 Å². The predicted octanol–water partition coefficient (Wildman–Crippen LogP) is 0.711. The predicted molar refractivity (Wildman–Crippen MR) is 80.3 cm³/mol. The van der Waals surface area contributed by atoms with Gasteiger partial charge in [-0.1, -0.05) is 12.1 Å². The number of likely N-dealkylation sites (tertiary alicyclic amines) is 1. The lowest BCUT2D eigenvalue weighted by Gasteiger charge is -2.16. The number of carbonyl (C=O) groups is 2. The van der Waals surface area contributed by atoms with E-state index in [0.717, 1.165) is 11.0 Å². The zero-order valence-electron chi connectivity index (χ0n) is 12.5. The lowest BCUT2D eigenvalue weighted by molar-refractivity contribution is -0.142. The summed E-state index contributed by atoms with van der Waals surface area (Å²) in [6, 6.07) is 7.72. The number of cyclic esters (lactones) is 1. The molecular formula is C16H17N3O4. The Bertz CT molecular complexity index is 724. The Morgan fingerprint density at radius 1 is 1.39 bits per heavy atom. The molecule has 1 amide bonds. The number of para-hydroxylation sites is 2. The molecule has 0 unspecified atom stereocenters. The molecule has 2 saturated heterocycles. The molecule has 2 atom stereocenters. The SMILES string of the molecule is O=C1OC[C@H]2CN(C(=O)COCc3nc4ccccc4[nH]3)C[C@@H]12. The summed E-state index contributed by atoms with van der Waals surface area (Å²) in [5.41, 5.74) is 1.83. The number of aromatic amines is 1. The number of nitrogens with zero attached hydrogens (tertiary/aromatic N) is 2. The zero-order chi connectivity index (χ0) is 15.8. The molecule has 4 rings (SSSR count). The molecule has 0 aliphatic carbocycles. The van der Waals surface area contributed by atoms with E-state index < -0.39 is 0 Å². The fraction of sp³-hybridized carbons (Fsp3) is 0.438. The van der Waals surface area contributed by atoms with Crippen molar-refractivity contribution in [3.63, 3.8) is 0 Å². The number of H-pyrrole nitrogens is 1. The molecule has 7 nitrogen and oxygen atoms in total. The van der Waals surface area contributed by atoms with Crippen LogP contribution in [0.5, 0.6) is 0 Å². The first kappa shape index (κ1) is 14.2. The second-order valence-electron chi connectivity index (χ2n) is 5.99. The van der Waals surface area contributed by atoms with Crippen LogP contribution >= 0.6 is 0 Å². The number of carbonyl (C=O) groups excluding carboxylic acids is 2. The summed E-state index contributed by atoms with van der Waals surface area (Å²) in [4.78, 5) is 32.9. The molecule has 7 heteroatoms. The zero-order valence-corrected chi connectivity index (χ0v) is 12.5. The van der Waals surface area contributed by atoms with Crippen molar-refractivity contribution in [1.82, 2.24) is 14.9 Å². The van der Waals surface area contributed by atoms with Gasteiger partial charge in [0.1, 0.15) is 19.0 Å². The Labute approximate surface area is 132 Å². The highest BCUT2D eigenvalue weighted by atomic mass is 16.5. The van der Waals surface area contributed by atoms with Gasteiger partial charge in [-0.3, -0.25) is 9.59 Å². The van der Waals surface area contributed by atoms with Crippen LogP contribution in [-0.2, 0) is 25.7 Å². The Morgan fingerprint density at radius 3 is 3.09 bits per heavy atom. The van der Waals surface area contributed by atoms with E-state index in [2.05, 4.69) is 9.97 Å². The maximum absolute atomic E-state index is 12.2. The van der Waals surface area contributed by atoms with E-state index in [9.17, 15) is 9.59 Å². The summed E-state index contributed by atoms with van der Waals surface area (Å²) in [5, 5.41) is 0. The summed E-state index contributed by atoms with van der Waals surface area (Å²) in [6.07, 6.45) is 0. The molecule has 1 N–H and O–H groups in total. The fourth-order valence-electron chi connectivity index (χ4n) is 3.21. The topological polar surface area (TPSA) is 84.5 Å². The second kappa shape index (κ2) is 5.66. The van der Waals surface area contributed by atoms with Gasteiger partial charge in [0.05, 0.1) is 23.6 Å².